The fourth-order valence-electron chi connectivity index (χ4n) is 3.56. The molecule has 2 heterocycles. The zero-order valence-corrected chi connectivity index (χ0v) is 7.13. The maximum atomic E-state index is 2.77. The van der Waals surface area contributed by atoms with Crippen LogP contribution in [0.15, 0.2) is 0 Å². The topological polar surface area (TPSA) is 3.24 Å². The van der Waals surface area contributed by atoms with Crippen LogP contribution in [0, 0.1) is 11.8 Å². The van der Waals surface area contributed by atoms with Gasteiger partial charge < -0.3 is 0 Å². The maximum absolute atomic E-state index is 2.77. The summed E-state index contributed by atoms with van der Waals surface area (Å²) in [5.41, 5.74) is 0. The van der Waals surface area contributed by atoms with E-state index in [1.54, 1.807) is 6.42 Å². The lowest BCUT2D eigenvalue weighted by Gasteiger charge is -2.34. The summed E-state index contributed by atoms with van der Waals surface area (Å²) in [4.78, 5) is 2.77. The molecule has 1 aliphatic carbocycles. The van der Waals surface area contributed by atoms with Gasteiger partial charge in [-0.15, -0.1) is 0 Å². The fraction of sp³-hybridized carbons (Fsp3) is 1.00. The molecule has 1 nitrogen and oxygen atoms in total. The summed E-state index contributed by atoms with van der Waals surface area (Å²) >= 11 is 0. The summed E-state index contributed by atoms with van der Waals surface area (Å²) < 4.78 is 0. The van der Waals surface area contributed by atoms with Crippen molar-refractivity contribution in [3.63, 3.8) is 0 Å². The van der Waals surface area contributed by atoms with E-state index in [1.807, 2.05) is 0 Å². The van der Waals surface area contributed by atoms with Crippen molar-refractivity contribution in [2.45, 2.75) is 38.1 Å². The van der Waals surface area contributed by atoms with E-state index < -0.39 is 0 Å². The van der Waals surface area contributed by atoms with Crippen molar-refractivity contribution in [3.05, 3.63) is 0 Å². The van der Waals surface area contributed by atoms with E-state index in [9.17, 15) is 0 Å². The van der Waals surface area contributed by atoms with E-state index >= 15 is 0 Å². The monoisotopic (exact) mass is 151 g/mol. The van der Waals surface area contributed by atoms with Crippen molar-refractivity contribution >= 4 is 0 Å². The van der Waals surface area contributed by atoms with Gasteiger partial charge in [0.2, 0.25) is 0 Å². The Morgan fingerprint density at radius 3 is 3.09 bits per heavy atom. The first-order valence-electron chi connectivity index (χ1n) is 5.17. The van der Waals surface area contributed by atoms with Crippen LogP contribution in [0.25, 0.3) is 0 Å². The Bertz CT molecular complexity index is 164. The van der Waals surface area contributed by atoms with Gasteiger partial charge in [0.15, 0.2) is 0 Å². The van der Waals surface area contributed by atoms with E-state index in [-0.39, 0.29) is 0 Å². The average Bonchev–Trinajstić information content (AvgIpc) is 2.58. The summed E-state index contributed by atoms with van der Waals surface area (Å²) in [6.45, 7) is 2.87. The zero-order valence-electron chi connectivity index (χ0n) is 7.13. The molecule has 3 rings (SSSR count). The van der Waals surface area contributed by atoms with Gasteiger partial charge in [-0.1, -0.05) is 6.42 Å². The summed E-state index contributed by atoms with van der Waals surface area (Å²) in [6, 6.07) is 1.02. The third-order valence-electron chi connectivity index (χ3n) is 4.04. The Morgan fingerprint density at radius 1 is 1.09 bits per heavy atom. The highest BCUT2D eigenvalue weighted by molar-refractivity contribution is 4.95. The summed E-state index contributed by atoms with van der Waals surface area (Å²) in [5.74, 6) is 2.20. The van der Waals surface area contributed by atoms with E-state index in [0.717, 1.165) is 17.9 Å². The van der Waals surface area contributed by atoms with Crippen LogP contribution < -0.4 is 0 Å². The SMILES string of the molecule is C1CC2CC3CCN(C3)C2C1. The van der Waals surface area contributed by atoms with Gasteiger partial charge in [-0.2, -0.15) is 0 Å². The molecule has 0 aromatic carbocycles. The molecule has 0 spiro atoms. The second-order valence-electron chi connectivity index (χ2n) is 4.64. The molecule has 3 fully saturated rings. The molecule has 0 radical (unpaired) electrons. The van der Waals surface area contributed by atoms with Crippen LogP contribution in [0.4, 0.5) is 0 Å². The first-order valence-corrected chi connectivity index (χ1v) is 5.17. The van der Waals surface area contributed by atoms with Crippen LogP contribution in [0.3, 0.4) is 0 Å². The van der Waals surface area contributed by atoms with Gasteiger partial charge in [0.05, 0.1) is 0 Å². The molecule has 2 saturated heterocycles. The Kier molecular flexibility index (Phi) is 1.31. The van der Waals surface area contributed by atoms with Gasteiger partial charge in [0, 0.05) is 12.6 Å². The number of nitrogens with zero attached hydrogens (tertiary/aromatic N) is 1. The lowest BCUT2D eigenvalue weighted by Crippen LogP contribution is -2.40. The molecule has 3 aliphatic rings. The van der Waals surface area contributed by atoms with Crippen molar-refractivity contribution in [3.8, 4) is 0 Å². The highest BCUT2D eigenvalue weighted by atomic mass is 15.2. The minimum absolute atomic E-state index is 1.02. The molecule has 0 amide bonds. The average molecular weight is 151 g/mol. The Hall–Kier alpha value is -0.0400. The molecular formula is C10H17N. The Balaban J connectivity index is 1.85. The molecule has 62 valence electrons. The Morgan fingerprint density at radius 2 is 2.09 bits per heavy atom. The van der Waals surface area contributed by atoms with E-state index in [4.69, 9.17) is 0 Å². The predicted molar refractivity (Wildman–Crippen MR) is 45.4 cm³/mol. The molecule has 2 aliphatic heterocycles. The summed E-state index contributed by atoms with van der Waals surface area (Å²) in [5, 5.41) is 0. The molecule has 11 heavy (non-hydrogen) atoms. The second-order valence-corrected chi connectivity index (χ2v) is 4.64. The predicted octanol–water partition coefficient (Wildman–Crippen LogP) is 1.88. The van der Waals surface area contributed by atoms with Crippen molar-refractivity contribution in [1.29, 1.82) is 0 Å². The molecule has 1 saturated carbocycles. The quantitative estimate of drug-likeness (QED) is 0.511. The second kappa shape index (κ2) is 2.22. The van der Waals surface area contributed by atoms with Crippen molar-refractivity contribution in [1.82, 2.24) is 4.90 Å². The number of piperidine rings is 1. The maximum Gasteiger partial charge on any atom is 0.0124 e. The van der Waals surface area contributed by atoms with Gasteiger partial charge in [-0.3, -0.25) is 4.90 Å². The van der Waals surface area contributed by atoms with Crippen LogP contribution in [0.5, 0.6) is 0 Å². The van der Waals surface area contributed by atoms with Crippen molar-refractivity contribution < 1.29 is 0 Å². The van der Waals surface area contributed by atoms with Crippen LogP contribution in [0.2, 0.25) is 0 Å². The van der Waals surface area contributed by atoms with E-state index in [0.29, 0.717) is 0 Å². The first kappa shape index (κ1) is 6.47. The molecule has 1 heteroatoms. The van der Waals surface area contributed by atoms with Gasteiger partial charge in [0.25, 0.3) is 0 Å². The van der Waals surface area contributed by atoms with Crippen LogP contribution in [-0.2, 0) is 0 Å². The third kappa shape index (κ3) is 0.868. The zero-order chi connectivity index (χ0) is 7.26. The summed E-state index contributed by atoms with van der Waals surface area (Å²) in [7, 11) is 0. The minimum atomic E-state index is 1.02. The fourth-order valence-corrected chi connectivity index (χ4v) is 3.56. The Labute approximate surface area is 68.8 Å². The van der Waals surface area contributed by atoms with Gasteiger partial charge in [-0.05, 0) is 44.1 Å². The third-order valence-corrected chi connectivity index (χ3v) is 4.04. The van der Waals surface area contributed by atoms with Crippen LogP contribution >= 0.6 is 0 Å². The molecular weight excluding hydrogens is 134 g/mol. The minimum Gasteiger partial charge on any atom is -0.300 e. The van der Waals surface area contributed by atoms with Crippen LogP contribution in [0.1, 0.15) is 32.1 Å². The molecule has 0 N–H and O–H groups in total. The van der Waals surface area contributed by atoms with E-state index in [1.165, 1.54) is 38.8 Å². The van der Waals surface area contributed by atoms with E-state index in [2.05, 4.69) is 4.90 Å². The lowest BCUT2D eigenvalue weighted by molar-refractivity contribution is 0.139. The lowest BCUT2D eigenvalue weighted by atomic mass is 9.87. The van der Waals surface area contributed by atoms with Gasteiger partial charge in [0.1, 0.15) is 0 Å². The van der Waals surface area contributed by atoms with Crippen molar-refractivity contribution in [2.75, 3.05) is 13.1 Å². The smallest absolute Gasteiger partial charge is 0.0124 e. The summed E-state index contributed by atoms with van der Waals surface area (Å²) in [6.07, 6.45) is 7.64. The molecule has 0 aromatic heterocycles. The molecule has 2 bridgehead atoms. The standard InChI is InChI=1S/C10H17N/c1-2-9-6-8-4-5-11(7-8)10(9)3-1/h8-10H,1-7H2. The van der Waals surface area contributed by atoms with Crippen molar-refractivity contribution in [2.24, 2.45) is 11.8 Å². The number of rotatable bonds is 0. The van der Waals surface area contributed by atoms with Gasteiger partial charge >= 0.3 is 0 Å². The molecule has 4 unspecified atom stereocenters. The van der Waals surface area contributed by atoms with Gasteiger partial charge in [-0.25, -0.2) is 0 Å². The highest BCUT2D eigenvalue weighted by Crippen LogP contribution is 2.42. The highest BCUT2D eigenvalue weighted by Gasteiger charge is 2.41. The first-order chi connectivity index (χ1) is 5.43. The number of hydrogen-bond donors (Lipinski definition) is 0. The molecule has 0 aromatic rings. The number of fused-ring (bicyclic) bond motifs is 4. The molecule has 4 atom stereocenters. The normalized spacial score (nSPS) is 54.5. The number of hydrogen-bond acceptors (Lipinski definition) is 1. The largest absolute Gasteiger partial charge is 0.300 e. The van der Waals surface area contributed by atoms with Crippen LogP contribution in [-0.4, -0.2) is 24.0 Å².